The van der Waals surface area contributed by atoms with E-state index in [1.54, 1.807) is 6.08 Å². The Labute approximate surface area is 120 Å². The molecule has 0 aliphatic carbocycles. The first-order valence-electron chi connectivity index (χ1n) is 7.31. The third-order valence-corrected chi connectivity index (χ3v) is 3.46. The molecule has 1 aliphatic heterocycles. The maximum absolute atomic E-state index is 11.7. The van der Waals surface area contributed by atoms with Gasteiger partial charge in [0.1, 0.15) is 0 Å². The molecule has 20 heavy (non-hydrogen) atoms. The number of anilines is 2. The lowest BCUT2D eigenvalue weighted by molar-refractivity contribution is -0.116. The van der Waals surface area contributed by atoms with Crippen molar-refractivity contribution < 1.29 is 4.79 Å². The first kappa shape index (κ1) is 14.4. The van der Waals surface area contributed by atoms with E-state index in [0.29, 0.717) is 6.54 Å². The lowest BCUT2D eigenvalue weighted by Gasteiger charge is -2.20. The van der Waals surface area contributed by atoms with Gasteiger partial charge in [0.2, 0.25) is 5.91 Å². The number of hydrogen-bond donors (Lipinski definition) is 2. The van der Waals surface area contributed by atoms with Crippen molar-refractivity contribution in [2.75, 3.05) is 30.3 Å². The first-order valence-corrected chi connectivity index (χ1v) is 7.31. The highest BCUT2D eigenvalue weighted by molar-refractivity contribution is 5.93. The minimum atomic E-state index is -0.0540. The van der Waals surface area contributed by atoms with E-state index in [1.807, 2.05) is 31.2 Å². The van der Waals surface area contributed by atoms with E-state index in [9.17, 15) is 4.79 Å². The summed E-state index contributed by atoms with van der Waals surface area (Å²) in [7, 11) is 0. The van der Waals surface area contributed by atoms with Gasteiger partial charge in [0.05, 0.1) is 0 Å². The van der Waals surface area contributed by atoms with E-state index in [4.69, 9.17) is 5.73 Å². The number of hydrogen-bond acceptors (Lipinski definition) is 3. The summed E-state index contributed by atoms with van der Waals surface area (Å²) in [6.45, 7) is 4.89. The molecule has 0 unspecified atom stereocenters. The molecule has 0 spiro atoms. The topological polar surface area (TPSA) is 58.4 Å². The maximum Gasteiger partial charge on any atom is 0.244 e. The lowest BCUT2D eigenvalue weighted by Crippen LogP contribution is -2.21. The Hall–Kier alpha value is -1.97. The summed E-state index contributed by atoms with van der Waals surface area (Å²) in [5, 5.41) is 2.84. The molecular formula is C16H23N3O. The molecule has 1 saturated heterocycles. The van der Waals surface area contributed by atoms with Gasteiger partial charge in [-0.3, -0.25) is 4.79 Å². The smallest absolute Gasteiger partial charge is 0.244 e. The van der Waals surface area contributed by atoms with Gasteiger partial charge in [0.25, 0.3) is 0 Å². The second-order valence-electron chi connectivity index (χ2n) is 5.14. The average Bonchev–Trinajstić information content (AvgIpc) is 2.97. The quantitative estimate of drug-likeness (QED) is 0.640. The Morgan fingerprint density at radius 3 is 2.85 bits per heavy atom. The third kappa shape index (κ3) is 3.76. The molecule has 1 aromatic rings. The van der Waals surface area contributed by atoms with Gasteiger partial charge in [-0.25, -0.2) is 0 Å². The van der Waals surface area contributed by atoms with E-state index < -0.39 is 0 Å². The van der Waals surface area contributed by atoms with Gasteiger partial charge in [-0.1, -0.05) is 6.92 Å². The number of nitrogens with two attached hydrogens (primary N) is 1. The average molecular weight is 273 g/mol. The highest BCUT2D eigenvalue weighted by Crippen LogP contribution is 2.27. The summed E-state index contributed by atoms with van der Waals surface area (Å²) in [5.41, 5.74) is 8.76. The number of nitrogen functional groups attached to an aromatic ring is 1. The zero-order chi connectivity index (χ0) is 14.4. The summed E-state index contributed by atoms with van der Waals surface area (Å²) < 4.78 is 0. The number of carbonyl (C=O) groups is 1. The Bertz CT molecular complexity index is 490. The molecule has 1 aliphatic rings. The maximum atomic E-state index is 11.7. The van der Waals surface area contributed by atoms with Crippen LogP contribution in [0, 0.1) is 0 Å². The predicted molar refractivity (Wildman–Crippen MR) is 84.6 cm³/mol. The summed E-state index contributed by atoms with van der Waals surface area (Å²) in [4.78, 5) is 14.0. The molecule has 0 radical (unpaired) electrons. The molecule has 0 bridgehead atoms. The Kier molecular flexibility index (Phi) is 5.04. The van der Waals surface area contributed by atoms with Crippen molar-refractivity contribution in [2.24, 2.45) is 0 Å². The summed E-state index contributed by atoms with van der Waals surface area (Å²) in [6.07, 6.45) is 6.84. The highest BCUT2D eigenvalue weighted by Gasteiger charge is 2.14. The fourth-order valence-electron chi connectivity index (χ4n) is 2.43. The van der Waals surface area contributed by atoms with Crippen molar-refractivity contribution in [3.05, 3.63) is 29.8 Å². The van der Waals surface area contributed by atoms with E-state index in [1.165, 1.54) is 12.8 Å². The van der Waals surface area contributed by atoms with Crippen LogP contribution in [0.4, 0.5) is 11.4 Å². The van der Waals surface area contributed by atoms with Crippen molar-refractivity contribution in [3.63, 3.8) is 0 Å². The summed E-state index contributed by atoms with van der Waals surface area (Å²) in [5.74, 6) is -0.0540. The number of nitrogens with one attached hydrogen (secondary N) is 1. The van der Waals surface area contributed by atoms with Gasteiger partial charge in [-0.2, -0.15) is 0 Å². The van der Waals surface area contributed by atoms with Crippen LogP contribution in [0.1, 0.15) is 31.7 Å². The number of nitrogens with zero attached hydrogens (tertiary/aromatic N) is 1. The third-order valence-electron chi connectivity index (χ3n) is 3.46. The van der Waals surface area contributed by atoms with Crippen LogP contribution < -0.4 is 16.0 Å². The van der Waals surface area contributed by atoms with E-state index in [0.717, 1.165) is 36.4 Å². The SMILES string of the molecule is CCCNC(=O)C=Cc1cc(N)ccc1N1CCCC1. The molecule has 4 heteroatoms. The van der Waals surface area contributed by atoms with Gasteiger partial charge in [-0.05, 0) is 43.5 Å². The van der Waals surface area contributed by atoms with Crippen LogP contribution in [0.3, 0.4) is 0 Å². The van der Waals surface area contributed by atoms with Crippen molar-refractivity contribution >= 4 is 23.4 Å². The second-order valence-corrected chi connectivity index (χ2v) is 5.14. The monoisotopic (exact) mass is 273 g/mol. The van der Waals surface area contributed by atoms with Crippen molar-refractivity contribution in [3.8, 4) is 0 Å². The van der Waals surface area contributed by atoms with Crippen LogP contribution >= 0.6 is 0 Å². The van der Waals surface area contributed by atoms with Crippen LogP contribution in [0.25, 0.3) is 6.08 Å². The van der Waals surface area contributed by atoms with Crippen LogP contribution in [0.2, 0.25) is 0 Å². The van der Waals surface area contributed by atoms with E-state index in [-0.39, 0.29) is 5.91 Å². The zero-order valence-electron chi connectivity index (χ0n) is 12.1. The minimum Gasteiger partial charge on any atom is -0.399 e. The molecule has 0 atom stereocenters. The van der Waals surface area contributed by atoms with Crippen LogP contribution in [0.15, 0.2) is 24.3 Å². The predicted octanol–water partition coefficient (Wildman–Crippen LogP) is 2.41. The van der Waals surface area contributed by atoms with Gasteiger partial charge in [0, 0.05) is 42.6 Å². The molecular weight excluding hydrogens is 250 g/mol. The fourth-order valence-corrected chi connectivity index (χ4v) is 2.43. The minimum absolute atomic E-state index is 0.0540. The first-order chi connectivity index (χ1) is 9.70. The number of benzene rings is 1. The van der Waals surface area contributed by atoms with E-state index >= 15 is 0 Å². The number of amides is 1. The molecule has 1 aromatic carbocycles. The molecule has 1 heterocycles. The van der Waals surface area contributed by atoms with Gasteiger partial charge in [0.15, 0.2) is 0 Å². The van der Waals surface area contributed by atoms with Crippen molar-refractivity contribution in [1.82, 2.24) is 5.32 Å². The molecule has 0 saturated carbocycles. The number of rotatable bonds is 5. The molecule has 0 aromatic heterocycles. The normalized spacial score (nSPS) is 14.9. The standard InChI is InChI=1S/C16H23N3O/c1-2-9-18-16(20)8-5-13-12-14(17)6-7-15(13)19-10-3-4-11-19/h5-8,12H,2-4,9-11,17H2,1H3,(H,18,20). The second kappa shape index (κ2) is 6.98. The van der Waals surface area contributed by atoms with Crippen LogP contribution in [0.5, 0.6) is 0 Å². The molecule has 108 valence electrons. The lowest BCUT2D eigenvalue weighted by atomic mass is 10.1. The molecule has 1 amide bonds. The summed E-state index contributed by atoms with van der Waals surface area (Å²) >= 11 is 0. The number of carbonyl (C=O) groups excluding carboxylic acids is 1. The van der Waals surface area contributed by atoms with Gasteiger partial charge in [-0.15, -0.1) is 0 Å². The summed E-state index contributed by atoms with van der Waals surface area (Å²) in [6, 6.07) is 5.89. The molecule has 1 fully saturated rings. The van der Waals surface area contributed by atoms with Gasteiger partial charge < -0.3 is 16.0 Å². The Morgan fingerprint density at radius 2 is 2.15 bits per heavy atom. The van der Waals surface area contributed by atoms with Gasteiger partial charge >= 0.3 is 0 Å². The molecule has 3 N–H and O–H groups in total. The van der Waals surface area contributed by atoms with E-state index in [2.05, 4.69) is 10.2 Å². The Morgan fingerprint density at radius 1 is 1.40 bits per heavy atom. The fraction of sp³-hybridized carbons (Fsp3) is 0.438. The highest BCUT2D eigenvalue weighted by atomic mass is 16.1. The van der Waals surface area contributed by atoms with Crippen molar-refractivity contribution in [2.45, 2.75) is 26.2 Å². The Balaban J connectivity index is 2.14. The van der Waals surface area contributed by atoms with Crippen molar-refractivity contribution in [1.29, 1.82) is 0 Å². The van der Waals surface area contributed by atoms with Crippen LogP contribution in [-0.2, 0) is 4.79 Å². The molecule has 2 rings (SSSR count). The molecule has 4 nitrogen and oxygen atoms in total. The zero-order valence-corrected chi connectivity index (χ0v) is 12.1. The van der Waals surface area contributed by atoms with Crippen LogP contribution in [-0.4, -0.2) is 25.5 Å². The largest absolute Gasteiger partial charge is 0.399 e.